The first-order valence-electron chi connectivity index (χ1n) is 11.7. The molecule has 2 aliphatic carbocycles. The highest BCUT2D eigenvalue weighted by Crippen LogP contribution is 2.60. The molecular formula is C27H29N5O2. The Balaban J connectivity index is 1.38. The van der Waals surface area contributed by atoms with E-state index in [-0.39, 0.29) is 17.3 Å². The summed E-state index contributed by atoms with van der Waals surface area (Å²) in [6.07, 6.45) is 6.68. The number of hydrogen-bond acceptors (Lipinski definition) is 4. The fourth-order valence-electron chi connectivity index (χ4n) is 5.81. The molecule has 1 amide bonds. The van der Waals surface area contributed by atoms with Crippen LogP contribution < -0.4 is 21.3 Å². The van der Waals surface area contributed by atoms with Gasteiger partial charge in [-0.25, -0.2) is 0 Å². The van der Waals surface area contributed by atoms with Crippen molar-refractivity contribution in [2.75, 3.05) is 0 Å². The lowest BCUT2D eigenvalue weighted by molar-refractivity contribution is 0.0943. The van der Waals surface area contributed by atoms with Gasteiger partial charge in [0, 0.05) is 17.2 Å². The third-order valence-electron chi connectivity index (χ3n) is 7.30. The minimum absolute atomic E-state index is 0.0466. The number of nitrogens with zero attached hydrogens (tertiary/aromatic N) is 1. The van der Waals surface area contributed by atoms with E-state index in [1.807, 2.05) is 30.3 Å². The predicted octanol–water partition coefficient (Wildman–Crippen LogP) is 3.89. The van der Waals surface area contributed by atoms with Crippen LogP contribution in [0.25, 0.3) is 0 Å². The van der Waals surface area contributed by atoms with Gasteiger partial charge in [0.05, 0.1) is 5.69 Å². The molecule has 0 radical (unpaired) electrons. The van der Waals surface area contributed by atoms with E-state index in [0.717, 1.165) is 23.8 Å². The van der Waals surface area contributed by atoms with Crippen molar-refractivity contribution in [3.8, 4) is 5.75 Å². The molecule has 0 saturated heterocycles. The number of aromatic nitrogens is 1. The quantitative estimate of drug-likeness (QED) is 0.256. The Morgan fingerprint density at radius 3 is 2.35 bits per heavy atom. The first kappa shape index (κ1) is 21.9. The Morgan fingerprint density at radius 2 is 1.76 bits per heavy atom. The number of carbonyl (C=O) groups excluding carboxylic acids is 1. The first-order valence-corrected chi connectivity index (χ1v) is 11.7. The van der Waals surface area contributed by atoms with Crippen LogP contribution in [0, 0.1) is 17.2 Å². The monoisotopic (exact) mass is 455 g/mol. The molecule has 2 aromatic carbocycles. The zero-order chi connectivity index (χ0) is 23.5. The van der Waals surface area contributed by atoms with Crippen LogP contribution in [0.2, 0.25) is 0 Å². The fraction of sp³-hybridized carbons (Fsp3) is 0.296. The van der Waals surface area contributed by atoms with Crippen LogP contribution in [0.15, 0.2) is 72.9 Å². The van der Waals surface area contributed by atoms with Crippen molar-refractivity contribution >= 4 is 11.9 Å². The van der Waals surface area contributed by atoms with Gasteiger partial charge in [0.2, 0.25) is 5.96 Å². The molecule has 5 rings (SSSR count). The van der Waals surface area contributed by atoms with Crippen LogP contribution in [0.4, 0.5) is 0 Å². The summed E-state index contributed by atoms with van der Waals surface area (Å²) < 4.78 is 5.96. The van der Waals surface area contributed by atoms with Crippen LogP contribution in [-0.4, -0.2) is 16.9 Å². The summed E-state index contributed by atoms with van der Waals surface area (Å²) in [6.45, 7) is 0.443. The van der Waals surface area contributed by atoms with Gasteiger partial charge in [-0.15, -0.1) is 0 Å². The van der Waals surface area contributed by atoms with Crippen LogP contribution in [0.1, 0.15) is 52.9 Å². The smallest absolute Gasteiger partial charge is 0.269 e. The van der Waals surface area contributed by atoms with Crippen LogP contribution in [-0.2, 0) is 12.0 Å². The largest absolute Gasteiger partial charge is 0.487 e. The molecule has 2 fully saturated rings. The lowest BCUT2D eigenvalue weighted by atomic mass is 9.64. The molecule has 1 heterocycles. The molecule has 7 heteroatoms. The second kappa shape index (κ2) is 9.17. The Morgan fingerprint density at radius 1 is 1.03 bits per heavy atom. The second-order valence-corrected chi connectivity index (χ2v) is 9.26. The zero-order valence-electron chi connectivity index (χ0n) is 19.0. The Labute approximate surface area is 199 Å². The lowest BCUT2D eigenvalue weighted by Crippen LogP contribution is -2.45. The van der Waals surface area contributed by atoms with E-state index >= 15 is 0 Å². The molecule has 3 atom stereocenters. The van der Waals surface area contributed by atoms with Gasteiger partial charge < -0.3 is 10.5 Å². The van der Waals surface area contributed by atoms with Gasteiger partial charge in [0.1, 0.15) is 12.4 Å². The maximum Gasteiger partial charge on any atom is 0.269 e. The van der Waals surface area contributed by atoms with Crippen LogP contribution in [0.3, 0.4) is 0 Å². The number of nitrogens with two attached hydrogens (primary N) is 1. The minimum atomic E-state index is -0.321. The van der Waals surface area contributed by atoms with E-state index < -0.39 is 0 Å². The average molecular weight is 456 g/mol. The highest BCUT2D eigenvalue weighted by atomic mass is 16.5. The predicted molar refractivity (Wildman–Crippen MR) is 130 cm³/mol. The number of ether oxygens (including phenoxy) is 1. The Hall–Kier alpha value is -3.87. The first-order chi connectivity index (χ1) is 16.5. The normalized spacial score (nSPS) is 22.8. The molecule has 2 saturated carbocycles. The summed E-state index contributed by atoms with van der Waals surface area (Å²) in [7, 11) is 0. The third-order valence-corrected chi connectivity index (χ3v) is 7.30. The van der Waals surface area contributed by atoms with Gasteiger partial charge in [0.15, 0.2) is 0 Å². The maximum atomic E-state index is 12.3. The van der Waals surface area contributed by atoms with Gasteiger partial charge in [-0.2, -0.15) is 0 Å². The number of pyridine rings is 1. The number of hydrazine groups is 1. The van der Waals surface area contributed by atoms with Gasteiger partial charge in [-0.3, -0.25) is 26.0 Å². The van der Waals surface area contributed by atoms with Crippen molar-refractivity contribution in [1.29, 1.82) is 5.41 Å². The third kappa shape index (κ3) is 4.21. The summed E-state index contributed by atoms with van der Waals surface area (Å²) in [4.78, 5) is 16.6. The SMILES string of the molecule is N=C(N)NNC(=O)c1ccc([C@]2(c3ccc(OCc4ccccn4)cc3)CC3CCC2C3)cc1. The average Bonchev–Trinajstić information content (AvgIpc) is 3.49. The van der Waals surface area contributed by atoms with E-state index in [4.69, 9.17) is 15.9 Å². The van der Waals surface area contributed by atoms with E-state index in [1.165, 1.54) is 30.4 Å². The molecule has 2 unspecified atom stereocenters. The standard InChI is InChI=1S/C27H29N5O2/c28-26(29)32-31-25(33)19-5-8-20(9-6-19)27(16-18-4-7-22(27)15-18)21-10-12-24(13-11-21)34-17-23-3-1-2-14-30-23/h1-3,5-6,8-14,18,22H,4,7,15-17H2,(H,31,33)(H4,28,29,32)/t18?,22?,27-/m0/s1. The Bertz CT molecular complexity index is 1160. The number of nitrogens with one attached hydrogen (secondary N) is 3. The topological polar surface area (TPSA) is 113 Å². The van der Waals surface area contributed by atoms with Gasteiger partial charge in [-0.05, 0) is 78.6 Å². The molecule has 7 nitrogen and oxygen atoms in total. The molecule has 174 valence electrons. The van der Waals surface area contributed by atoms with E-state index in [9.17, 15) is 4.79 Å². The second-order valence-electron chi connectivity index (χ2n) is 9.26. The van der Waals surface area contributed by atoms with Crippen molar-refractivity contribution in [2.24, 2.45) is 17.6 Å². The number of hydrogen-bond donors (Lipinski definition) is 4. The number of guanidine groups is 1. The molecule has 34 heavy (non-hydrogen) atoms. The fourth-order valence-corrected chi connectivity index (χ4v) is 5.81. The van der Waals surface area contributed by atoms with Crippen LogP contribution >= 0.6 is 0 Å². The number of amides is 1. The van der Waals surface area contributed by atoms with E-state index in [2.05, 4.69) is 52.2 Å². The molecule has 1 aromatic heterocycles. The summed E-state index contributed by atoms with van der Waals surface area (Å²) in [5.74, 6) is 1.54. The zero-order valence-corrected chi connectivity index (χ0v) is 19.0. The number of fused-ring (bicyclic) bond motifs is 2. The van der Waals surface area contributed by atoms with Gasteiger partial charge in [0.25, 0.3) is 5.91 Å². The number of benzene rings is 2. The molecule has 5 N–H and O–H groups in total. The number of rotatable bonds is 6. The van der Waals surface area contributed by atoms with Gasteiger partial charge >= 0.3 is 0 Å². The van der Waals surface area contributed by atoms with E-state index in [0.29, 0.717) is 18.1 Å². The van der Waals surface area contributed by atoms with Crippen molar-refractivity contribution in [1.82, 2.24) is 15.8 Å². The molecule has 3 aromatic rings. The molecular weight excluding hydrogens is 426 g/mol. The van der Waals surface area contributed by atoms with E-state index in [1.54, 1.807) is 6.20 Å². The minimum Gasteiger partial charge on any atom is -0.487 e. The molecule has 0 aliphatic heterocycles. The lowest BCUT2D eigenvalue weighted by Gasteiger charge is -2.39. The van der Waals surface area contributed by atoms with Gasteiger partial charge in [-0.1, -0.05) is 36.8 Å². The summed E-state index contributed by atoms with van der Waals surface area (Å²) in [5.41, 5.74) is 13.9. The van der Waals surface area contributed by atoms with Crippen LogP contribution in [0.5, 0.6) is 5.75 Å². The summed E-state index contributed by atoms with van der Waals surface area (Å²) in [5, 5.41) is 7.19. The van der Waals surface area contributed by atoms with Crippen molar-refractivity contribution in [3.05, 3.63) is 95.3 Å². The molecule has 0 spiro atoms. The summed E-state index contributed by atoms with van der Waals surface area (Å²) >= 11 is 0. The highest BCUT2D eigenvalue weighted by Gasteiger charge is 2.52. The Kier molecular flexibility index (Phi) is 5.92. The van der Waals surface area contributed by atoms with Crippen molar-refractivity contribution < 1.29 is 9.53 Å². The summed E-state index contributed by atoms with van der Waals surface area (Å²) in [6, 6.07) is 22.2. The van der Waals surface area contributed by atoms with Crippen molar-refractivity contribution in [2.45, 2.75) is 37.7 Å². The highest BCUT2D eigenvalue weighted by molar-refractivity contribution is 5.95. The maximum absolute atomic E-state index is 12.3. The van der Waals surface area contributed by atoms with Crippen molar-refractivity contribution in [3.63, 3.8) is 0 Å². The molecule has 2 bridgehead atoms. The number of carbonyl (C=O) groups is 1. The molecule has 2 aliphatic rings.